The second-order valence-corrected chi connectivity index (χ2v) is 9.09. The second kappa shape index (κ2) is 7.23. The first-order valence-corrected chi connectivity index (χ1v) is 11.2. The van der Waals surface area contributed by atoms with Crippen molar-refractivity contribution in [2.45, 2.75) is 31.6 Å². The van der Waals surface area contributed by atoms with Crippen LogP contribution in [0, 0.1) is 12.8 Å². The number of carbonyl (C=O) groups is 2. The third kappa shape index (κ3) is 2.85. The maximum Gasteiger partial charge on any atom is 0.192 e. The summed E-state index contributed by atoms with van der Waals surface area (Å²) in [6.45, 7) is 2.05. The lowest BCUT2D eigenvalue weighted by atomic mass is 9.66. The summed E-state index contributed by atoms with van der Waals surface area (Å²) in [5.74, 6) is -0.310. The molecule has 3 nitrogen and oxygen atoms in total. The fraction of sp³-hybridized carbons (Fsp3) is 0.207. The number of benzene rings is 3. The van der Waals surface area contributed by atoms with Gasteiger partial charge in [0.05, 0.1) is 11.6 Å². The van der Waals surface area contributed by atoms with Gasteiger partial charge in [-0.25, -0.2) is 0 Å². The van der Waals surface area contributed by atoms with Gasteiger partial charge in [-0.15, -0.1) is 0 Å². The van der Waals surface area contributed by atoms with Gasteiger partial charge in [-0.3, -0.25) is 14.6 Å². The van der Waals surface area contributed by atoms with Crippen LogP contribution in [0.4, 0.5) is 0 Å². The zero-order valence-corrected chi connectivity index (χ0v) is 17.9. The Balaban J connectivity index is 1.52. The predicted octanol–water partition coefficient (Wildman–Crippen LogP) is 5.90. The molecule has 0 radical (unpaired) electrons. The summed E-state index contributed by atoms with van der Waals surface area (Å²) in [5.41, 5.74) is 7.33. The van der Waals surface area contributed by atoms with Gasteiger partial charge in [0.25, 0.3) is 0 Å². The van der Waals surface area contributed by atoms with Crippen molar-refractivity contribution in [3.8, 4) is 0 Å². The van der Waals surface area contributed by atoms with E-state index in [1.165, 1.54) is 5.56 Å². The molecule has 32 heavy (non-hydrogen) atoms. The van der Waals surface area contributed by atoms with Gasteiger partial charge < -0.3 is 0 Å². The third-order valence-electron chi connectivity index (χ3n) is 7.14. The summed E-state index contributed by atoms with van der Waals surface area (Å²) in [6.07, 6.45) is 1.23. The molecule has 0 aromatic heterocycles. The summed E-state index contributed by atoms with van der Waals surface area (Å²) < 4.78 is 0. The lowest BCUT2D eigenvalue weighted by molar-refractivity contribution is -0.122. The Bertz CT molecular complexity index is 1310. The molecule has 1 aliphatic heterocycles. The lowest BCUT2D eigenvalue weighted by Gasteiger charge is -2.37. The minimum absolute atomic E-state index is 0.0157. The van der Waals surface area contributed by atoms with Crippen LogP contribution in [-0.4, -0.2) is 17.3 Å². The number of nitrogens with zero attached hydrogens (tertiary/aromatic N) is 1. The van der Waals surface area contributed by atoms with Crippen molar-refractivity contribution in [2.24, 2.45) is 10.9 Å². The molecule has 0 N–H and O–H groups in total. The molecule has 3 heteroatoms. The monoisotopic (exact) mass is 417 g/mol. The molecule has 0 amide bonds. The van der Waals surface area contributed by atoms with Gasteiger partial charge >= 0.3 is 0 Å². The molecule has 6 rings (SSSR count). The van der Waals surface area contributed by atoms with E-state index in [4.69, 9.17) is 4.99 Å². The van der Waals surface area contributed by atoms with Crippen LogP contribution in [0.2, 0.25) is 0 Å². The van der Waals surface area contributed by atoms with E-state index in [0.717, 1.165) is 34.5 Å². The first kappa shape index (κ1) is 19.1. The van der Waals surface area contributed by atoms with Crippen molar-refractivity contribution >= 4 is 23.0 Å². The zero-order chi connectivity index (χ0) is 21.8. The minimum atomic E-state index is -0.366. The molecule has 156 valence electrons. The number of fused-ring (bicyclic) bond motifs is 3. The molecule has 0 spiro atoms. The van der Waals surface area contributed by atoms with Crippen molar-refractivity contribution < 1.29 is 9.59 Å². The minimum Gasteiger partial charge on any atom is -0.299 e. The molecule has 3 aromatic carbocycles. The fourth-order valence-corrected chi connectivity index (χ4v) is 5.60. The van der Waals surface area contributed by atoms with Crippen LogP contribution >= 0.6 is 0 Å². The number of hydrogen-bond donors (Lipinski definition) is 0. The van der Waals surface area contributed by atoms with E-state index >= 15 is 0 Å². The molecule has 0 saturated heterocycles. The Morgan fingerprint density at radius 1 is 0.719 bits per heavy atom. The van der Waals surface area contributed by atoms with Crippen LogP contribution < -0.4 is 0 Å². The van der Waals surface area contributed by atoms with Crippen molar-refractivity contribution in [3.05, 3.63) is 112 Å². The Hall–Kier alpha value is -3.59. The van der Waals surface area contributed by atoms with Gasteiger partial charge in [0.15, 0.2) is 5.78 Å². The van der Waals surface area contributed by atoms with E-state index < -0.39 is 0 Å². The van der Waals surface area contributed by atoms with E-state index in [0.29, 0.717) is 17.6 Å². The summed E-state index contributed by atoms with van der Waals surface area (Å²) >= 11 is 0. The summed E-state index contributed by atoms with van der Waals surface area (Å²) in [4.78, 5) is 32.2. The van der Waals surface area contributed by atoms with Gasteiger partial charge in [0.2, 0.25) is 0 Å². The van der Waals surface area contributed by atoms with Crippen molar-refractivity contribution in [2.75, 3.05) is 0 Å². The van der Waals surface area contributed by atoms with Crippen molar-refractivity contribution in [1.29, 1.82) is 0 Å². The first-order chi connectivity index (χ1) is 15.6. The van der Waals surface area contributed by atoms with Crippen LogP contribution in [0.25, 0.3) is 5.70 Å². The van der Waals surface area contributed by atoms with Crippen LogP contribution in [-0.2, 0) is 4.79 Å². The number of rotatable bonds is 2. The number of carbonyl (C=O) groups excluding carboxylic acids is 2. The topological polar surface area (TPSA) is 46.5 Å². The second-order valence-electron chi connectivity index (χ2n) is 9.09. The SMILES string of the molecule is Cc1ccc([C@@H]2C3=C(N=C4C[C@H](c5ccccc5)CC(=O)C42)c2ccccc2C3=O)cc1. The average Bonchev–Trinajstić information content (AvgIpc) is 3.11. The lowest BCUT2D eigenvalue weighted by Crippen LogP contribution is -2.40. The molecule has 1 fully saturated rings. The fourth-order valence-electron chi connectivity index (χ4n) is 5.60. The van der Waals surface area contributed by atoms with E-state index in [1.807, 2.05) is 42.5 Å². The van der Waals surface area contributed by atoms with Gasteiger partial charge in [-0.1, -0.05) is 84.4 Å². The summed E-state index contributed by atoms with van der Waals surface area (Å²) in [7, 11) is 0. The van der Waals surface area contributed by atoms with Crippen LogP contribution in [0.15, 0.2) is 89.4 Å². The number of aliphatic imine (C=N–C) groups is 1. The van der Waals surface area contributed by atoms with Crippen molar-refractivity contribution in [1.82, 2.24) is 0 Å². The molecular formula is C29H23NO2. The highest BCUT2D eigenvalue weighted by atomic mass is 16.1. The van der Waals surface area contributed by atoms with Crippen LogP contribution in [0.5, 0.6) is 0 Å². The van der Waals surface area contributed by atoms with E-state index in [2.05, 4.69) is 43.3 Å². The molecule has 3 atom stereocenters. The molecule has 1 heterocycles. The number of allylic oxidation sites excluding steroid dienone is 1. The summed E-state index contributed by atoms with van der Waals surface area (Å²) in [6, 6.07) is 26.2. The average molecular weight is 418 g/mol. The molecule has 1 unspecified atom stereocenters. The molecule has 3 aliphatic rings. The highest BCUT2D eigenvalue weighted by Gasteiger charge is 2.48. The van der Waals surface area contributed by atoms with Gasteiger partial charge in [0, 0.05) is 34.8 Å². The van der Waals surface area contributed by atoms with Crippen LogP contribution in [0.3, 0.4) is 0 Å². The molecular weight excluding hydrogens is 394 g/mol. The third-order valence-corrected chi connectivity index (χ3v) is 7.14. The van der Waals surface area contributed by atoms with E-state index in [1.54, 1.807) is 0 Å². The standard InChI is InChI=1S/C29H23NO2/c1-17-11-13-19(14-12-17)25-26-23(15-20(16-24(26)31)18-7-3-2-4-8-18)30-28-21-9-5-6-10-22(21)29(32)27(25)28/h2-14,20,25-26H,15-16H2,1H3/t20-,25-,26?/m0/s1. The summed E-state index contributed by atoms with van der Waals surface area (Å²) in [5, 5.41) is 0. The van der Waals surface area contributed by atoms with Crippen molar-refractivity contribution in [3.63, 3.8) is 0 Å². The first-order valence-electron chi connectivity index (χ1n) is 11.2. The predicted molar refractivity (Wildman–Crippen MR) is 126 cm³/mol. The van der Waals surface area contributed by atoms with Gasteiger partial charge in [0.1, 0.15) is 5.78 Å². The van der Waals surface area contributed by atoms with Gasteiger partial charge in [-0.2, -0.15) is 0 Å². The van der Waals surface area contributed by atoms with E-state index in [9.17, 15) is 9.59 Å². The Morgan fingerprint density at radius 2 is 1.41 bits per heavy atom. The molecule has 3 aromatic rings. The Morgan fingerprint density at radius 3 is 2.16 bits per heavy atom. The Labute approximate surface area is 187 Å². The molecule has 0 bridgehead atoms. The Kier molecular flexibility index (Phi) is 4.32. The highest BCUT2D eigenvalue weighted by Crippen LogP contribution is 2.51. The quantitative estimate of drug-likeness (QED) is 0.521. The smallest absolute Gasteiger partial charge is 0.192 e. The normalized spacial score (nSPS) is 24.0. The zero-order valence-electron chi connectivity index (χ0n) is 17.9. The maximum absolute atomic E-state index is 13.6. The number of ketones is 2. The number of Topliss-reactive ketones (excluding diaryl/α,β-unsaturated/α-hetero) is 2. The van der Waals surface area contributed by atoms with Gasteiger partial charge in [-0.05, 0) is 30.4 Å². The van der Waals surface area contributed by atoms with Crippen LogP contribution in [0.1, 0.15) is 57.3 Å². The largest absolute Gasteiger partial charge is 0.299 e. The maximum atomic E-state index is 13.6. The molecule has 1 saturated carbocycles. The highest BCUT2D eigenvalue weighted by molar-refractivity contribution is 6.25. The number of aryl methyl sites for hydroxylation is 1. The number of hydrogen-bond acceptors (Lipinski definition) is 3. The van der Waals surface area contributed by atoms with E-state index in [-0.39, 0.29) is 29.3 Å². The molecule has 2 aliphatic carbocycles.